The van der Waals surface area contributed by atoms with Crippen molar-refractivity contribution in [3.05, 3.63) is 41.0 Å². The fourth-order valence-electron chi connectivity index (χ4n) is 1.17. The van der Waals surface area contributed by atoms with Crippen LogP contribution in [0.1, 0.15) is 12.0 Å². The number of rotatable bonds is 4. The Kier molecular flexibility index (Phi) is 4.49. The summed E-state index contributed by atoms with van der Waals surface area (Å²) in [5, 5.41) is 2.82. The van der Waals surface area contributed by atoms with Crippen molar-refractivity contribution >= 4 is 6.08 Å². The Morgan fingerprint density at radius 1 is 1.12 bits per heavy atom. The van der Waals surface area contributed by atoms with Gasteiger partial charge >= 0.3 is 0 Å². The van der Waals surface area contributed by atoms with Crippen molar-refractivity contribution in [3.63, 3.8) is 0 Å². The second kappa shape index (κ2) is 5.65. The van der Waals surface area contributed by atoms with E-state index in [1.165, 1.54) is 6.08 Å². The minimum Gasteiger partial charge on any atom is -0.319 e. The molecule has 0 unspecified atom stereocenters. The van der Waals surface area contributed by atoms with Gasteiger partial charge in [0, 0.05) is 6.07 Å². The van der Waals surface area contributed by atoms with Gasteiger partial charge in [-0.05, 0) is 20.0 Å². The average Bonchev–Trinajstić information content (AvgIpc) is 2.25. The van der Waals surface area contributed by atoms with E-state index in [0.717, 1.165) is 6.08 Å². The molecule has 0 radical (unpaired) electrons. The maximum Gasteiger partial charge on any atom is 0.169 e. The van der Waals surface area contributed by atoms with E-state index in [1.54, 1.807) is 7.05 Å². The Bertz CT molecular complexity index is 375. The lowest BCUT2D eigenvalue weighted by atomic mass is 10.1. The minimum absolute atomic E-state index is 0.190. The molecule has 0 aliphatic carbocycles. The molecule has 0 fully saturated rings. The van der Waals surface area contributed by atoms with Gasteiger partial charge in [-0.1, -0.05) is 12.2 Å². The monoisotopic (exact) mass is 233 g/mol. The molecule has 5 heteroatoms. The highest BCUT2D eigenvalue weighted by Gasteiger charge is 2.16. The molecular formula is C11H11F4N. The van der Waals surface area contributed by atoms with E-state index in [1.807, 2.05) is 0 Å². The highest BCUT2D eigenvalue weighted by atomic mass is 19.2. The summed E-state index contributed by atoms with van der Waals surface area (Å²) in [7, 11) is 1.72. The second-order valence-corrected chi connectivity index (χ2v) is 3.18. The van der Waals surface area contributed by atoms with Gasteiger partial charge in [0.2, 0.25) is 0 Å². The summed E-state index contributed by atoms with van der Waals surface area (Å²) in [5.41, 5.74) is -0.686. The fraction of sp³-hybridized carbons (Fsp3) is 0.273. The second-order valence-electron chi connectivity index (χ2n) is 3.18. The van der Waals surface area contributed by atoms with Crippen molar-refractivity contribution in [1.82, 2.24) is 5.32 Å². The van der Waals surface area contributed by atoms with Gasteiger partial charge < -0.3 is 5.32 Å². The Morgan fingerprint density at radius 2 is 1.69 bits per heavy atom. The average molecular weight is 233 g/mol. The predicted molar refractivity (Wildman–Crippen MR) is 53.9 cm³/mol. The van der Waals surface area contributed by atoms with E-state index < -0.39 is 28.8 Å². The van der Waals surface area contributed by atoms with Crippen LogP contribution in [0, 0.1) is 23.3 Å². The molecule has 0 saturated heterocycles. The van der Waals surface area contributed by atoms with Gasteiger partial charge in [0.1, 0.15) is 0 Å². The lowest BCUT2D eigenvalue weighted by Crippen LogP contribution is -2.05. The molecule has 1 N–H and O–H groups in total. The standard InChI is InChI=1S/C11H11F4N/c1-16-5-3-2-4-7-10(14)8(12)6-9(13)11(7)15/h2,4,6,16H,3,5H2,1H3. The summed E-state index contributed by atoms with van der Waals surface area (Å²) in [6.45, 7) is 0.609. The molecule has 0 aliphatic rings. The van der Waals surface area contributed by atoms with Crippen molar-refractivity contribution in [1.29, 1.82) is 0 Å². The first-order valence-corrected chi connectivity index (χ1v) is 4.72. The molecule has 0 atom stereocenters. The first-order chi connectivity index (χ1) is 7.57. The van der Waals surface area contributed by atoms with Gasteiger partial charge in [0.15, 0.2) is 23.3 Å². The third-order valence-corrected chi connectivity index (χ3v) is 1.99. The Labute approximate surface area is 90.8 Å². The van der Waals surface area contributed by atoms with Gasteiger partial charge in [-0.15, -0.1) is 0 Å². The fourth-order valence-corrected chi connectivity index (χ4v) is 1.17. The first kappa shape index (κ1) is 12.7. The zero-order valence-electron chi connectivity index (χ0n) is 8.66. The van der Waals surface area contributed by atoms with Crippen LogP contribution in [0.15, 0.2) is 12.1 Å². The lowest BCUT2D eigenvalue weighted by Gasteiger charge is -2.02. The Morgan fingerprint density at radius 3 is 2.19 bits per heavy atom. The molecule has 0 spiro atoms. The summed E-state index contributed by atoms with van der Waals surface area (Å²) in [6.07, 6.45) is 2.98. The largest absolute Gasteiger partial charge is 0.319 e. The molecule has 0 heterocycles. The highest BCUT2D eigenvalue weighted by molar-refractivity contribution is 5.51. The zero-order chi connectivity index (χ0) is 12.1. The van der Waals surface area contributed by atoms with Crippen molar-refractivity contribution in [2.75, 3.05) is 13.6 Å². The number of hydrogen-bond donors (Lipinski definition) is 1. The molecule has 0 amide bonds. The molecule has 1 nitrogen and oxygen atoms in total. The van der Waals surface area contributed by atoms with E-state index in [9.17, 15) is 17.6 Å². The smallest absolute Gasteiger partial charge is 0.169 e. The van der Waals surface area contributed by atoms with Gasteiger partial charge in [-0.3, -0.25) is 0 Å². The predicted octanol–water partition coefficient (Wildman–Crippen LogP) is 2.87. The molecule has 1 rings (SSSR count). The maximum absolute atomic E-state index is 13.1. The van der Waals surface area contributed by atoms with E-state index in [4.69, 9.17) is 0 Å². The molecule has 88 valence electrons. The molecule has 1 aromatic rings. The normalized spacial score (nSPS) is 11.3. The van der Waals surface area contributed by atoms with Gasteiger partial charge in [-0.2, -0.15) is 0 Å². The molecule has 16 heavy (non-hydrogen) atoms. The number of halogens is 4. The first-order valence-electron chi connectivity index (χ1n) is 4.72. The molecule has 0 saturated carbocycles. The van der Waals surface area contributed by atoms with Crippen LogP contribution in [-0.4, -0.2) is 13.6 Å². The quantitative estimate of drug-likeness (QED) is 0.479. The summed E-state index contributed by atoms with van der Waals surface area (Å²) >= 11 is 0. The Hall–Kier alpha value is -1.36. The molecule has 0 aromatic heterocycles. The summed E-state index contributed by atoms with van der Waals surface area (Å²) < 4.78 is 51.7. The van der Waals surface area contributed by atoms with Crippen LogP contribution in [0.2, 0.25) is 0 Å². The third-order valence-electron chi connectivity index (χ3n) is 1.99. The van der Waals surface area contributed by atoms with Crippen LogP contribution in [0.4, 0.5) is 17.6 Å². The van der Waals surface area contributed by atoms with Gasteiger partial charge in [0.25, 0.3) is 0 Å². The van der Waals surface area contributed by atoms with Crippen LogP contribution in [0.3, 0.4) is 0 Å². The molecular weight excluding hydrogens is 222 g/mol. The van der Waals surface area contributed by atoms with Gasteiger partial charge in [0.05, 0.1) is 5.56 Å². The van der Waals surface area contributed by atoms with Crippen LogP contribution in [-0.2, 0) is 0 Å². The van der Waals surface area contributed by atoms with Crippen LogP contribution in [0.25, 0.3) is 6.08 Å². The van der Waals surface area contributed by atoms with Crippen LogP contribution < -0.4 is 5.32 Å². The highest BCUT2D eigenvalue weighted by Crippen LogP contribution is 2.20. The van der Waals surface area contributed by atoms with Crippen molar-refractivity contribution in [2.24, 2.45) is 0 Å². The van der Waals surface area contributed by atoms with Crippen molar-refractivity contribution < 1.29 is 17.6 Å². The molecule has 0 aliphatic heterocycles. The lowest BCUT2D eigenvalue weighted by molar-refractivity contribution is 0.451. The van der Waals surface area contributed by atoms with Crippen LogP contribution in [0.5, 0.6) is 0 Å². The van der Waals surface area contributed by atoms with Gasteiger partial charge in [-0.25, -0.2) is 17.6 Å². The van der Waals surface area contributed by atoms with Crippen molar-refractivity contribution in [3.8, 4) is 0 Å². The van der Waals surface area contributed by atoms with E-state index in [2.05, 4.69) is 5.32 Å². The van der Waals surface area contributed by atoms with E-state index >= 15 is 0 Å². The van der Waals surface area contributed by atoms with Crippen molar-refractivity contribution in [2.45, 2.75) is 6.42 Å². The van der Waals surface area contributed by atoms with E-state index in [0.29, 0.717) is 13.0 Å². The van der Waals surface area contributed by atoms with Crippen LogP contribution >= 0.6 is 0 Å². The maximum atomic E-state index is 13.1. The zero-order valence-corrected chi connectivity index (χ0v) is 8.66. The topological polar surface area (TPSA) is 12.0 Å². The molecule has 1 aromatic carbocycles. The third kappa shape index (κ3) is 2.82. The number of benzene rings is 1. The SMILES string of the molecule is CNCCC=Cc1c(F)c(F)cc(F)c1F. The minimum atomic E-state index is -1.40. The number of nitrogens with one attached hydrogen (secondary N) is 1. The number of hydrogen-bond acceptors (Lipinski definition) is 1. The summed E-state index contributed by atoms with van der Waals surface area (Å²) in [6, 6.07) is 0.190. The summed E-state index contributed by atoms with van der Waals surface area (Å²) in [4.78, 5) is 0. The molecule has 0 bridgehead atoms. The summed E-state index contributed by atoms with van der Waals surface area (Å²) in [5.74, 6) is -5.54. The Balaban J connectivity index is 2.98. The van der Waals surface area contributed by atoms with E-state index in [-0.39, 0.29) is 6.07 Å².